The molecule has 0 fully saturated rings. The average molecular weight is 312 g/mol. The van der Waals surface area contributed by atoms with E-state index in [2.05, 4.69) is 81.1 Å². The molecule has 1 nitrogen and oxygen atoms in total. The van der Waals surface area contributed by atoms with E-state index in [4.69, 9.17) is 0 Å². The molecule has 22 heavy (non-hydrogen) atoms. The Morgan fingerprint density at radius 2 is 0.955 bits per heavy atom. The summed E-state index contributed by atoms with van der Waals surface area (Å²) in [4.78, 5) is 2.81. The second kappa shape index (κ2) is 7.69. The summed E-state index contributed by atoms with van der Waals surface area (Å²) >= 11 is 0. The molecule has 0 amide bonds. The van der Waals surface area contributed by atoms with Crippen molar-refractivity contribution in [2.45, 2.75) is 119 Å². The molecule has 0 bridgehead atoms. The van der Waals surface area contributed by atoms with E-state index in [1.54, 1.807) is 0 Å². The third-order valence-electron chi connectivity index (χ3n) is 4.37. The van der Waals surface area contributed by atoms with Gasteiger partial charge in [0.25, 0.3) is 0 Å². The molecule has 0 N–H and O–H groups in total. The zero-order chi connectivity index (χ0) is 17.8. The molecule has 0 saturated carbocycles. The van der Waals surface area contributed by atoms with Gasteiger partial charge in [0.1, 0.15) is 0 Å². The molecular weight excluding hydrogens is 266 g/mol. The van der Waals surface area contributed by atoms with Crippen LogP contribution in [0.15, 0.2) is 0 Å². The summed E-state index contributed by atoms with van der Waals surface area (Å²) in [6.07, 6.45) is 6.43. The first-order valence-corrected chi connectivity index (χ1v) is 9.38. The van der Waals surface area contributed by atoms with Crippen LogP contribution in [0.1, 0.15) is 108 Å². The third-order valence-corrected chi connectivity index (χ3v) is 4.37. The summed E-state index contributed by atoms with van der Waals surface area (Å²) in [7, 11) is 0. The van der Waals surface area contributed by atoms with Gasteiger partial charge in [-0.3, -0.25) is 4.90 Å². The zero-order valence-corrected chi connectivity index (χ0v) is 17.7. The molecule has 0 unspecified atom stereocenters. The molecule has 0 saturated heterocycles. The van der Waals surface area contributed by atoms with Crippen LogP contribution in [0.5, 0.6) is 0 Å². The van der Waals surface area contributed by atoms with E-state index in [0.717, 1.165) is 0 Å². The summed E-state index contributed by atoms with van der Waals surface area (Å²) < 4.78 is 0. The summed E-state index contributed by atoms with van der Waals surface area (Å²) in [6.45, 7) is 27.6. The Kier molecular flexibility index (Phi) is 7.67. The lowest BCUT2D eigenvalue weighted by atomic mass is 9.75. The van der Waals surface area contributed by atoms with Gasteiger partial charge in [0.15, 0.2) is 0 Å². The predicted molar refractivity (Wildman–Crippen MR) is 103 cm³/mol. The van der Waals surface area contributed by atoms with Crippen molar-refractivity contribution < 1.29 is 0 Å². The Morgan fingerprint density at radius 1 is 0.591 bits per heavy atom. The highest BCUT2D eigenvalue weighted by molar-refractivity contribution is 4.96. The van der Waals surface area contributed by atoms with Crippen molar-refractivity contribution in [3.05, 3.63) is 0 Å². The van der Waals surface area contributed by atoms with E-state index in [1.807, 2.05) is 0 Å². The third kappa shape index (κ3) is 8.56. The highest BCUT2D eigenvalue weighted by atomic mass is 15.2. The fraction of sp³-hybridized carbons (Fsp3) is 1.00. The monoisotopic (exact) mass is 311 g/mol. The number of nitrogens with zero attached hydrogens (tertiary/aromatic N) is 1. The maximum absolute atomic E-state index is 2.81. The van der Waals surface area contributed by atoms with Crippen molar-refractivity contribution in [2.75, 3.05) is 6.54 Å². The van der Waals surface area contributed by atoms with Crippen LogP contribution in [0, 0.1) is 10.8 Å². The lowest BCUT2D eigenvalue weighted by Gasteiger charge is -2.52. The van der Waals surface area contributed by atoms with E-state index in [0.29, 0.717) is 10.8 Å². The lowest BCUT2D eigenvalue weighted by molar-refractivity contribution is -0.0265. The molecule has 0 aromatic heterocycles. The Labute approximate surface area is 142 Å². The Bertz CT molecular complexity index is 284. The summed E-state index contributed by atoms with van der Waals surface area (Å²) in [5.74, 6) is 0. The molecule has 0 radical (unpaired) electrons. The SMILES string of the molecule is CCCCCN(C(C)(C)CC(C)(C)C)C(C)(C)CC(C)(C)C. The molecule has 0 aromatic rings. The van der Waals surface area contributed by atoms with Gasteiger partial charge < -0.3 is 0 Å². The van der Waals surface area contributed by atoms with E-state index in [-0.39, 0.29) is 11.1 Å². The zero-order valence-electron chi connectivity index (χ0n) is 17.7. The topological polar surface area (TPSA) is 3.24 Å². The molecule has 0 aromatic carbocycles. The van der Waals surface area contributed by atoms with Crippen molar-refractivity contribution in [3.8, 4) is 0 Å². The molecule has 0 aliphatic carbocycles. The average Bonchev–Trinajstić information content (AvgIpc) is 2.16. The van der Waals surface area contributed by atoms with Gasteiger partial charge in [0.2, 0.25) is 0 Å². The highest BCUT2D eigenvalue weighted by Crippen LogP contribution is 2.40. The smallest absolute Gasteiger partial charge is 0.0163 e. The van der Waals surface area contributed by atoms with E-state index in [1.165, 1.54) is 38.6 Å². The molecule has 0 atom stereocenters. The number of rotatable bonds is 8. The second-order valence-electron chi connectivity index (χ2n) is 11.0. The number of hydrogen-bond donors (Lipinski definition) is 0. The van der Waals surface area contributed by atoms with Crippen LogP contribution in [0.25, 0.3) is 0 Å². The van der Waals surface area contributed by atoms with E-state index >= 15 is 0 Å². The number of unbranched alkanes of at least 4 members (excludes halogenated alkanes) is 2. The highest BCUT2D eigenvalue weighted by Gasteiger charge is 2.40. The van der Waals surface area contributed by atoms with Crippen molar-refractivity contribution in [1.82, 2.24) is 4.90 Å². The normalized spacial score (nSPS) is 14.7. The molecule has 0 heterocycles. The van der Waals surface area contributed by atoms with Crippen LogP contribution >= 0.6 is 0 Å². The molecule has 0 spiro atoms. The van der Waals surface area contributed by atoms with Crippen LogP contribution in [0.4, 0.5) is 0 Å². The standard InChI is InChI=1S/C21H45N/c1-12-13-14-15-22(20(8,9)16-18(2,3)4)21(10,11)17-19(5,6)7/h12-17H2,1-11H3. The minimum atomic E-state index is 0.237. The van der Waals surface area contributed by atoms with Gasteiger partial charge in [-0.1, -0.05) is 61.3 Å². The fourth-order valence-electron chi connectivity index (χ4n) is 4.73. The maximum atomic E-state index is 2.81. The van der Waals surface area contributed by atoms with Crippen LogP contribution in [0.2, 0.25) is 0 Å². The molecule has 0 aliphatic rings. The second-order valence-corrected chi connectivity index (χ2v) is 11.0. The fourth-order valence-corrected chi connectivity index (χ4v) is 4.73. The Hall–Kier alpha value is -0.0400. The van der Waals surface area contributed by atoms with Gasteiger partial charge in [0, 0.05) is 11.1 Å². The van der Waals surface area contributed by atoms with Gasteiger partial charge in [-0.25, -0.2) is 0 Å². The van der Waals surface area contributed by atoms with Gasteiger partial charge >= 0.3 is 0 Å². The van der Waals surface area contributed by atoms with Crippen LogP contribution in [-0.4, -0.2) is 22.5 Å². The molecule has 134 valence electrons. The largest absolute Gasteiger partial charge is 0.293 e. The van der Waals surface area contributed by atoms with Crippen molar-refractivity contribution >= 4 is 0 Å². The summed E-state index contributed by atoms with van der Waals surface area (Å²) in [5, 5.41) is 0. The first kappa shape index (κ1) is 22.0. The van der Waals surface area contributed by atoms with Crippen molar-refractivity contribution in [3.63, 3.8) is 0 Å². The lowest BCUT2D eigenvalue weighted by Crippen LogP contribution is -2.58. The molecule has 0 rings (SSSR count). The van der Waals surface area contributed by atoms with Crippen LogP contribution in [0.3, 0.4) is 0 Å². The van der Waals surface area contributed by atoms with Crippen molar-refractivity contribution in [1.29, 1.82) is 0 Å². The summed E-state index contributed by atoms with van der Waals surface area (Å²) in [5.41, 5.74) is 1.20. The van der Waals surface area contributed by atoms with Crippen LogP contribution < -0.4 is 0 Å². The Morgan fingerprint density at radius 3 is 1.23 bits per heavy atom. The number of hydrogen-bond acceptors (Lipinski definition) is 1. The van der Waals surface area contributed by atoms with Gasteiger partial charge in [0.05, 0.1) is 0 Å². The first-order valence-electron chi connectivity index (χ1n) is 9.38. The van der Waals surface area contributed by atoms with Gasteiger partial charge in [-0.05, 0) is 64.3 Å². The molecule has 1 heteroatoms. The maximum Gasteiger partial charge on any atom is 0.0163 e. The van der Waals surface area contributed by atoms with E-state index < -0.39 is 0 Å². The molecule has 0 aliphatic heterocycles. The first-order chi connectivity index (χ1) is 9.61. The minimum absolute atomic E-state index is 0.237. The van der Waals surface area contributed by atoms with Crippen molar-refractivity contribution in [2.24, 2.45) is 10.8 Å². The predicted octanol–water partition coefficient (Wildman–Crippen LogP) is 6.91. The van der Waals surface area contributed by atoms with E-state index in [9.17, 15) is 0 Å². The molecular formula is C21H45N. The van der Waals surface area contributed by atoms with Gasteiger partial charge in [-0.2, -0.15) is 0 Å². The minimum Gasteiger partial charge on any atom is -0.293 e. The summed E-state index contributed by atoms with van der Waals surface area (Å²) in [6, 6.07) is 0. The van der Waals surface area contributed by atoms with Crippen LogP contribution in [-0.2, 0) is 0 Å². The van der Waals surface area contributed by atoms with Gasteiger partial charge in [-0.15, -0.1) is 0 Å². The Balaban J connectivity index is 5.33. The quantitative estimate of drug-likeness (QED) is 0.440.